The van der Waals surface area contributed by atoms with E-state index in [9.17, 15) is 28.0 Å². The smallest absolute Gasteiger partial charge is 0.416 e. The van der Waals surface area contributed by atoms with Gasteiger partial charge in [0.2, 0.25) is 5.95 Å². The molecule has 0 saturated heterocycles. The number of carbonyl (C=O) groups is 1. The number of hydrogen-bond donors (Lipinski definition) is 1. The molecule has 2 aromatic carbocycles. The minimum Gasteiger partial charge on any atom is -0.466 e. The molecule has 1 aliphatic rings. The standard InChI is InChI=1S/C32H29F3N6O3/c1-19(2)22-10-13-39(14-11-22)15-12-23-16-21(18-36)8-9-26(23)28-27(29(42)44-4)20(3)40(30-37-38-31(43)41(28)30)25-7-5-6-24(17-25)32(33,34)35/h5-11,13-14,16-17,19,28H,12,15H2,1-4H3/p+1/t28-/m1/s1. The first-order chi connectivity index (χ1) is 20.9. The number of rotatable bonds is 7. The van der Waals surface area contributed by atoms with Crippen molar-refractivity contribution in [3.8, 4) is 6.07 Å². The van der Waals surface area contributed by atoms with Crippen molar-refractivity contribution < 1.29 is 27.3 Å². The number of halogens is 3. The first-order valence-corrected chi connectivity index (χ1v) is 13.9. The van der Waals surface area contributed by atoms with Gasteiger partial charge in [0.1, 0.15) is 6.04 Å². The summed E-state index contributed by atoms with van der Waals surface area (Å²) in [5.41, 5.74) is 1.60. The van der Waals surface area contributed by atoms with Gasteiger partial charge in [-0.2, -0.15) is 18.4 Å². The number of H-pyrrole nitrogens is 1. The second-order valence-electron chi connectivity index (χ2n) is 10.8. The van der Waals surface area contributed by atoms with Crippen molar-refractivity contribution in [2.45, 2.75) is 51.9 Å². The Morgan fingerprint density at radius 2 is 1.89 bits per heavy atom. The van der Waals surface area contributed by atoms with E-state index in [1.165, 1.54) is 34.3 Å². The van der Waals surface area contributed by atoms with Crippen LogP contribution < -0.4 is 15.2 Å². The molecule has 0 saturated carbocycles. The first kappa shape index (κ1) is 30.3. The summed E-state index contributed by atoms with van der Waals surface area (Å²) in [7, 11) is 1.19. The van der Waals surface area contributed by atoms with Crippen LogP contribution in [0.3, 0.4) is 0 Å². The lowest BCUT2D eigenvalue weighted by molar-refractivity contribution is -0.696. The van der Waals surface area contributed by atoms with Gasteiger partial charge in [0.15, 0.2) is 18.9 Å². The van der Waals surface area contributed by atoms with Gasteiger partial charge in [0.05, 0.1) is 29.9 Å². The molecule has 226 valence electrons. The number of aromatic nitrogens is 4. The highest BCUT2D eigenvalue weighted by atomic mass is 19.4. The predicted octanol–water partition coefficient (Wildman–Crippen LogP) is 5.30. The summed E-state index contributed by atoms with van der Waals surface area (Å²) < 4.78 is 49.3. The predicted molar refractivity (Wildman–Crippen MR) is 155 cm³/mol. The lowest BCUT2D eigenvalue weighted by Crippen LogP contribution is -2.38. The third-order valence-corrected chi connectivity index (χ3v) is 7.77. The molecule has 0 unspecified atom stereocenters. The Balaban J connectivity index is 1.67. The van der Waals surface area contributed by atoms with E-state index >= 15 is 0 Å². The molecule has 3 heterocycles. The van der Waals surface area contributed by atoms with E-state index in [0.29, 0.717) is 35.6 Å². The summed E-state index contributed by atoms with van der Waals surface area (Å²) in [5.74, 6) is -0.393. The van der Waals surface area contributed by atoms with Crippen LogP contribution in [0.1, 0.15) is 60.5 Å². The van der Waals surface area contributed by atoms with E-state index in [-0.39, 0.29) is 22.9 Å². The van der Waals surface area contributed by atoms with Crippen LogP contribution in [0.5, 0.6) is 0 Å². The first-order valence-electron chi connectivity index (χ1n) is 13.9. The number of anilines is 2. The van der Waals surface area contributed by atoms with Gasteiger partial charge in [-0.05, 0) is 59.9 Å². The average Bonchev–Trinajstić information content (AvgIpc) is 3.39. The summed E-state index contributed by atoms with van der Waals surface area (Å²) >= 11 is 0. The van der Waals surface area contributed by atoms with E-state index in [2.05, 4.69) is 30.1 Å². The number of esters is 1. The molecule has 0 amide bonds. The van der Waals surface area contributed by atoms with Gasteiger partial charge in [-0.15, -0.1) is 5.10 Å². The Morgan fingerprint density at radius 3 is 2.52 bits per heavy atom. The monoisotopic (exact) mass is 603 g/mol. The number of aromatic amines is 1. The van der Waals surface area contributed by atoms with E-state index in [1.807, 2.05) is 29.1 Å². The van der Waals surface area contributed by atoms with Crippen LogP contribution in [0.15, 0.2) is 83.1 Å². The zero-order chi connectivity index (χ0) is 31.8. The molecule has 0 radical (unpaired) electrons. The summed E-state index contributed by atoms with van der Waals surface area (Å²) in [5, 5.41) is 16.2. The lowest BCUT2D eigenvalue weighted by atomic mass is 9.89. The van der Waals surface area contributed by atoms with Crippen LogP contribution >= 0.6 is 0 Å². The molecule has 12 heteroatoms. The van der Waals surface area contributed by atoms with Crippen LogP contribution in [0.4, 0.5) is 24.8 Å². The molecular weight excluding hydrogens is 573 g/mol. The lowest BCUT2D eigenvalue weighted by Gasteiger charge is -2.36. The fourth-order valence-electron chi connectivity index (χ4n) is 5.49. The zero-order valence-electron chi connectivity index (χ0n) is 24.5. The highest BCUT2D eigenvalue weighted by Crippen LogP contribution is 2.43. The summed E-state index contributed by atoms with van der Waals surface area (Å²) in [6, 6.07) is 14.7. The molecule has 2 aromatic heterocycles. The van der Waals surface area contributed by atoms with Crippen molar-refractivity contribution in [2.75, 3.05) is 12.0 Å². The number of nitrogens with one attached hydrogen (secondary N) is 1. The van der Waals surface area contributed by atoms with Crippen molar-refractivity contribution in [3.63, 3.8) is 0 Å². The molecule has 9 nitrogen and oxygen atoms in total. The van der Waals surface area contributed by atoms with Crippen LogP contribution in [0.25, 0.3) is 0 Å². The highest BCUT2D eigenvalue weighted by molar-refractivity contribution is 5.93. The molecule has 0 bridgehead atoms. The Bertz CT molecular complexity index is 1850. The van der Waals surface area contributed by atoms with Crippen LogP contribution in [-0.2, 0) is 28.7 Å². The second-order valence-corrected chi connectivity index (χ2v) is 10.8. The molecule has 1 atom stereocenters. The van der Waals surface area contributed by atoms with E-state index in [0.717, 1.165) is 12.1 Å². The fraction of sp³-hybridized carbons (Fsp3) is 0.281. The zero-order valence-corrected chi connectivity index (χ0v) is 24.5. The van der Waals surface area contributed by atoms with E-state index in [4.69, 9.17) is 4.74 Å². The third-order valence-electron chi connectivity index (χ3n) is 7.77. The van der Waals surface area contributed by atoms with E-state index in [1.54, 1.807) is 25.1 Å². The summed E-state index contributed by atoms with van der Waals surface area (Å²) in [6.07, 6.45) is -0.231. The van der Waals surface area contributed by atoms with Crippen LogP contribution in [0, 0.1) is 11.3 Å². The van der Waals surface area contributed by atoms with Gasteiger partial charge in [-0.3, -0.25) is 4.90 Å². The molecule has 1 aliphatic heterocycles. The van der Waals surface area contributed by atoms with Gasteiger partial charge >= 0.3 is 17.8 Å². The fourth-order valence-corrected chi connectivity index (χ4v) is 5.49. The maximum Gasteiger partial charge on any atom is 0.416 e. The number of allylic oxidation sites excluding steroid dienone is 1. The number of nitrogens with zero attached hydrogens (tertiary/aromatic N) is 5. The van der Waals surface area contributed by atoms with Crippen molar-refractivity contribution in [1.82, 2.24) is 14.8 Å². The molecular formula is C32H30F3N6O3+. The summed E-state index contributed by atoms with van der Waals surface area (Å²) in [6.45, 7) is 6.32. The molecule has 0 aliphatic carbocycles. The number of benzene rings is 2. The number of hydrogen-bond acceptors (Lipinski definition) is 6. The van der Waals surface area contributed by atoms with Crippen molar-refractivity contribution >= 4 is 17.6 Å². The number of ether oxygens (including phenoxy) is 1. The number of fused-ring (bicyclic) bond motifs is 1. The van der Waals surface area contributed by atoms with E-state index < -0.39 is 29.4 Å². The Kier molecular flexibility index (Phi) is 8.15. The number of pyridine rings is 1. The molecule has 4 aromatic rings. The number of aryl methyl sites for hydroxylation is 2. The molecule has 0 fully saturated rings. The quantitative estimate of drug-likeness (QED) is 0.227. The number of carbonyl (C=O) groups excluding carboxylic acids is 1. The van der Waals surface area contributed by atoms with Gasteiger partial charge < -0.3 is 4.74 Å². The van der Waals surface area contributed by atoms with Gasteiger partial charge in [-0.25, -0.2) is 23.8 Å². The minimum atomic E-state index is -4.62. The molecule has 1 N–H and O–H groups in total. The number of nitriles is 1. The molecule has 0 spiro atoms. The molecule has 44 heavy (non-hydrogen) atoms. The van der Waals surface area contributed by atoms with Crippen molar-refractivity contribution in [1.29, 1.82) is 5.26 Å². The van der Waals surface area contributed by atoms with Gasteiger partial charge in [0.25, 0.3) is 0 Å². The van der Waals surface area contributed by atoms with Crippen LogP contribution in [-0.4, -0.2) is 27.8 Å². The largest absolute Gasteiger partial charge is 0.466 e. The number of alkyl halides is 3. The van der Waals surface area contributed by atoms with Crippen LogP contribution in [0.2, 0.25) is 0 Å². The Labute approximate surface area is 251 Å². The van der Waals surface area contributed by atoms with Gasteiger partial charge in [0, 0.05) is 29.9 Å². The minimum absolute atomic E-state index is 0.00145. The average molecular weight is 604 g/mol. The van der Waals surface area contributed by atoms with Gasteiger partial charge in [-0.1, -0.05) is 26.0 Å². The maximum absolute atomic E-state index is 13.6. The van der Waals surface area contributed by atoms with Crippen molar-refractivity contribution in [2.24, 2.45) is 0 Å². The Morgan fingerprint density at radius 1 is 1.16 bits per heavy atom. The third kappa shape index (κ3) is 5.60. The molecule has 5 rings (SSSR count). The SMILES string of the molecule is COC(=O)C1=C(C)N(c2cccc(C(F)(F)F)c2)c2n[nH]c(=O)n2[C@@H]1c1ccc(C#N)cc1CC[n+]1ccc(C(C)C)cc1. The second kappa shape index (κ2) is 11.8. The number of methoxy groups -OCH3 is 1. The van der Waals surface area contributed by atoms with Crippen molar-refractivity contribution in [3.05, 3.63) is 117 Å². The highest BCUT2D eigenvalue weighted by Gasteiger charge is 2.41. The normalized spacial score (nSPS) is 14.9. The Hall–Kier alpha value is -5.18. The summed E-state index contributed by atoms with van der Waals surface area (Å²) in [4.78, 5) is 28.1. The maximum atomic E-state index is 13.6. The topological polar surface area (TPSA) is 108 Å².